The van der Waals surface area contributed by atoms with E-state index < -0.39 is 6.10 Å². The largest absolute Gasteiger partial charge is 0.496 e. The molecule has 0 aliphatic rings. The summed E-state index contributed by atoms with van der Waals surface area (Å²) >= 11 is 0. The van der Waals surface area contributed by atoms with Gasteiger partial charge in [-0.25, -0.2) is 0 Å². The van der Waals surface area contributed by atoms with Gasteiger partial charge in [-0.15, -0.1) is 0 Å². The number of nitrogens with zero attached hydrogens (tertiary/aromatic N) is 1. The van der Waals surface area contributed by atoms with Gasteiger partial charge in [0.25, 0.3) is 0 Å². The molecule has 0 fully saturated rings. The number of hydrogen-bond acceptors (Lipinski definition) is 3. The van der Waals surface area contributed by atoms with Crippen molar-refractivity contribution in [2.45, 2.75) is 26.9 Å². The van der Waals surface area contributed by atoms with Crippen LogP contribution in [0.25, 0.3) is 0 Å². The molecule has 0 spiro atoms. The molecule has 1 atom stereocenters. The first-order chi connectivity index (χ1) is 9.04. The lowest BCUT2D eigenvalue weighted by atomic mass is 9.96. The first-order valence-corrected chi connectivity index (χ1v) is 6.29. The molecule has 3 nitrogen and oxygen atoms in total. The number of benzene rings is 1. The Balaban J connectivity index is 2.48. The number of methoxy groups -OCH3 is 1. The zero-order chi connectivity index (χ0) is 14.0. The van der Waals surface area contributed by atoms with Crippen LogP contribution in [0.4, 0.5) is 0 Å². The summed E-state index contributed by atoms with van der Waals surface area (Å²) in [5.41, 5.74) is 4.58. The lowest BCUT2D eigenvalue weighted by Gasteiger charge is -2.17. The number of hydrogen-bond donors (Lipinski definition) is 1. The average Bonchev–Trinajstić information content (AvgIpc) is 2.40. The van der Waals surface area contributed by atoms with E-state index in [0.29, 0.717) is 5.69 Å². The molecule has 0 amide bonds. The van der Waals surface area contributed by atoms with Crippen molar-refractivity contribution in [3.05, 3.63) is 58.4 Å². The Morgan fingerprint density at radius 3 is 2.47 bits per heavy atom. The highest BCUT2D eigenvalue weighted by Crippen LogP contribution is 2.30. The molecule has 0 saturated carbocycles. The molecular weight excluding hydrogens is 238 g/mol. The number of aromatic nitrogens is 1. The van der Waals surface area contributed by atoms with Crippen LogP contribution < -0.4 is 4.74 Å². The van der Waals surface area contributed by atoms with Crippen molar-refractivity contribution in [1.29, 1.82) is 0 Å². The molecule has 100 valence electrons. The van der Waals surface area contributed by atoms with Crippen LogP contribution >= 0.6 is 0 Å². The Morgan fingerprint density at radius 1 is 1.11 bits per heavy atom. The molecule has 2 rings (SSSR count). The smallest absolute Gasteiger partial charge is 0.122 e. The molecule has 3 heteroatoms. The van der Waals surface area contributed by atoms with E-state index >= 15 is 0 Å². The van der Waals surface area contributed by atoms with Crippen LogP contribution in [0, 0.1) is 20.8 Å². The molecule has 0 radical (unpaired) electrons. The number of ether oxygens (including phenoxy) is 1. The van der Waals surface area contributed by atoms with E-state index in [4.69, 9.17) is 4.74 Å². The first kappa shape index (κ1) is 13.6. The summed E-state index contributed by atoms with van der Waals surface area (Å²) in [6.45, 7) is 5.90. The topological polar surface area (TPSA) is 42.4 Å². The van der Waals surface area contributed by atoms with E-state index in [1.54, 1.807) is 13.3 Å². The molecule has 0 aliphatic heterocycles. The third-order valence-electron chi connectivity index (χ3n) is 3.39. The summed E-state index contributed by atoms with van der Waals surface area (Å²) in [6.07, 6.45) is 1.00. The van der Waals surface area contributed by atoms with Gasteiger partial charge in [-0.3, -0.25) is 4.98 Å². The van der Waals surface area contributed by atoms with Gasteiger partial charge >= 0.3 is 0 Å². The van der Waals surface area contributed by atoms with Crippen LogP contribution in [0.5, 0.6) is 5.75 Å². The summed E-state index contributed by atoms with van der Waals surface area (Å²) in [5, 5.41) is 10.5. The van der Waals surface area contributed by atoms with Gasteiger partial charge in [0.2, 0.25) is 0 Å². The molecule has 0 saturated heterocycles. The normalized spacial score (nSPS) is 12.3. The van der Waals surface area contributed by atoms with Crippen molar-refractivity contribution in [2.24, 2.45) is 0 Å². The maximum absolute atomic E-state index is 10.5. The first-order valence-electron chi connectivity index (χ1n) is 6.29. The van der Waals surface area contributed by atoms with E-state index in [1.807, 2.05) is 45.0 Å². The molecule has 19 heavy (non-hydrogen) atoms. The quantitative estimate of drug-likeness (QED) is 0.918. The van der Waals surface area contributed by atoms with Crippen LogP contribution in [0.2, 0.25) is 0 Å². The fourth-order valence-electron chi connectivity index (χ4n) is 2.26. The lowest BCUT2D eigenvalue weighted by Crippen LogP contribution is -2.07. The predicted molar refractivity (Wildman–Crippen MR) is 75.5 cm³/mol. The minimum absolute atomic E-state index is 0.703. The van der Waals surface area contributed by atoms with Crippen molar-refractivity contribution in [2.75, 3.05) is 7.11 Å². The maximum Gasteiger partial charge on any atom is 0.122 e. The van der Waals surface area contributed by atoms with Gasteiger partial charge in [-0.1, -0.05) is 6.07 Å². The number of rotatable bonds is 3. The zero-order valence-corrected chi connectivity index (χ0v) is 11.8. The van der Waals surface area contributed by atoms with E-state index in [0.717, 1.165) is 28.0 Å². The Labute approximate surface area is 113 Å². The number of pyridine rings is 1. The standard InChI is InChI=1S/C16H19NO2/c1-10-6-5-7-17-15(10)16(18)13-8-12(3)14(19-4)9-11(13)2/h5-9,16,18H,1-4H3. The third kappa shape index (κ3) is 2.61. The summed E-state index contributed by atoms with van der Waals surface area (Å²) in [6, 6.07) is 7.74. The van der Waals surface area contributed by atoms with Gasteiger partial charge in [0.1, 0.15) is 11.9 Å². The molecule has 1 N–H and O–H groups in total. The molecule has 1 aromatic heterocycles. The Morgan fingerprint density at radius 2 is 1.84 bits per heavy atom. The van der Waals surface area contributed by atoms with Crippen molar-refractivity contribution in [3.63, 3.8) is 0 Å². The monoisotopic (exact) mass is 257 g/mol. The second-order valence-corrected chi connectivity index (χ2v) is 4.79. The summed E-state index contributed by atoms with van der Waals surface area (Å²) in [7, 11) is 1.65. The SMILES string of the molecule is COc1cc(C)c(C(O)c2ncccc2C)cc1C. The minimum atomic E-state index is -0.703. The van der Waals surface area contributed by atoms with Gasteiger partial charge in [0.05, 0.1) is 12.8 Å². The Hall–Kier alpha value is -1.87. The third-order valence-corrected chi connectivity index (χ3v) is 3.39. The van der Waals surface area contributed by atoms with Gasteiger partial charge in [-0.05, 0) is 61.2 Å². The molecule has 2 aromatic rings. The Bertz CT molecular complexity index is 593. The number of aliphatic hydroxyl groups excluding tert-OH is 1. The van der Waals surface area contributed by atoms with Crippen LogP contribution in [-0.4, -0.2) is 17.2 Å². The van der Waals surface area contributed by atoms with Crippen molar-refractivity contribution in [1.82, 2.24) is 4.98 Å². The molecule has 0 bridgehead atoms. The van der Waals surface area contributed by atoms with E-state index in [1.165, 1.54) is 0 Å². The second kappa shape index (κ2) is 5.41. The molecule has 1 aromatic carbocycles. The minimum Gasteiger partial charge on any atom is -0.496 e. The highest BCUT2D eigenvalue weighted by Gasteiger charge is 2.17. The van der Waals surface area contributed by atoms with Crippen molar-refractivity contribution >= 4 is 0 Å². The summed E-state index contributed by atoms with van der Waals surface area (Å²) in [5.74, 6) is 0.839. The summed E-state index contributed by atoms with van der Waals surface area (Å²) in [4.78, 5) is 4.29. The number of aryl methyl sites for hydroxylation is 3. The predicted octanol–water partition coefficient (Wildman–Crippen LogP) is 3.10. The van der Waals surface area contributed by atoms with Crippen LogP contribution in [0.3, 0.4) is 0 Å². The number of aliphatic hydroxyl groups is 1. The van der Waals surface area contributed by atoms with Gasteiger partial charge in [0.15, 0.2) is 0 Å². The van der Waals surface area contributed by atoms with Crippen LogP contribution in [0.1, 0.15) is 34.1 Å². The lowest BCUT2D eigenvalue weighted by molar-refractivity contribution is 0.213. The van der Waals surface area contributed by atoms with E-state index in [-0.39, 0.29) is 0 Å². The summed E-state index contributed by atoms with van der Waals surface area (Å²) < 4.78 is 5.29. The van der Waals surface area contributed by atoms with E-state index in [9.17, 15) is 5.11 Å². The van der Waals surface area contributed by atoms with Gasteiger partial charge in [0, 0.05) is 6.20 Å². The highest BCUT2D eigenvalue weighted by molar-refractivity contribution is 5.44. The van der Waals surface area contributed by atoms with Crippen LogP contribution in [-0.2, 0) is 0 Å². The second-order valence-electron chi connectivity index (χ2n) is 4.79. The molecule has 1 unspecified atom stereocenters. The zero-order valence-electron chi connectivity index (χ0n) is 11.8. The molecule has 0 aliphatic carbocycles. The Kier molecular flexibility index (Phi) is 3.86. The van der Waals surface area contributed by atoms with Crippen LogP contribution in [0.15, 0.2) is 30.5 Å². The van der Waals surface area contributed by atoms with Crippen molar-refractivity contribution in [3.8, 4) is 5.75 Å². The van der Waals surface area contributed by atoms with Gasteiger partial charge in [-0.2, -0.15) is 0 Å². The van der Waals surface area contributed by atoms with Crippen molar-refractivity contribution < 1.29 is 9.84 Å². The average molecular weight is 257 g/mol. The molecule has 1 heterocycles. The molecular formula is C16H19NO2. The fraction of sp³-hybridized carbons (Fsp3) is 0.312. The highest BCUT2D eigenvalue weighted by atomic mass is 16.5. The maximum atomic E-state index is 10.5. The fourth-order valence-corrected chi connectivity index (χ4v) is 2.26. The van der Waals surface area contributed by atoms with E-state index in [2.05, 4.69) is 4.98 Å². The van der Waals surface area contributed by atoms with Gasteiger partial charge < -0.3 is 9.84 Å².